The molecule has 0 bridgehead atoms. The molecule has 0 amide bonds. The lowest BCUT2D eigenvalue weighted by Gasteiger charge is -2.05. The molecule has 2 aromatic carbocycles. The molecule has 7 heteroatoms. The number of halogens is 1. The van der Waals surface area contributed by atoms with Gasteiger partial charge in [-0.3, -0.25) is 4.79 Å². The second-order valence-corrected chi connectivity index (χ2v) is 6.09. The van der Waals surface area contributed by atoms with Crippen molar-refractivity contribution in [2.75, 3.05) is 0 Å². The van der Waals surface area contributed by atoms with Crippen molar-refractivity contribution in [3.05, 3.63) is 63.9 Å². The van der Waals surface area contributed by atoms with Gasteiger partial charge in [0, 0.05) is 28.9 Å². The smallest absolute Gasteiger partial charge is 0.252 e. The summed E-state index contributed by atoms with van der Waals surface area (Å²) in [5.41, 5.74) is 1.99. The van der Waals surface area contributed by atoms with Gasteiger partial charge in [-0.2, -0.15) is 0 Å². The third-order valence-electron chi connectivity index (χ3n) is 4.10. The summed E-state index contributed by atoms with van der Waals surface area (Å²) in [6, 6.07) is 14.0. The zero-order valence-corrected chi connectivity index (χ0v) is 13.9. The molecule has 4 aromatic rings. The monoisotopic (exact) mass is 352 g/mol. The number of fused-ring (bicyclic) bond motifs is 2. The molecular weight excluding hydrogens is 340 g/mol. The van der Waals surface area contributed by atoms with Gasteiger partial charge in [0.1, 0.15) is 5.69 Å². The van der Waals surface area contributed by atoms with Gasteiger partial charge in [-0.15, -0.1) is 10.2 Å². The summed E-state index contributed by atoms with van der Waals surface area (Å²) in [5, 5.41) is 20.5. The largest absolute Gasteiger partial charge is 0.493 e. The Labute approximate surface area is 147 Å². The minimum Gasteiger partial charge on any atom is -0.493 e. The van der Waals surface area contributed by atoms with E-state index in [1.54, 1.807) is 29.8 Å². The van der Waals surface area contributed by atoms with Crippen LogP contribution in [0.2, 0.25) is 5.02 Å². The van der Waals surface area contributed by atoms with E-state index < -0.39 is 0 Å². The predicted octanol–water partition coefficient (Wildman–Crippen LogP) is 4.79. The van der Waals surface area contributed by atoms with Gasteiger partial charge in [0.05, 0.1) is 11.0 Å². The Morgan fingerprint density at radius 1 is 1.08 bits per heavy atom. The summed E-state index contributed by atoms with van der Waals surface area (Å²) < 4.78 is 1.56. The van der Waals surface area contributed by atoms with Gasteiger partial charge in [0.15, 0.2) is 5.69 Å². The summed E-state index contributed by atoms with van der Waals surface area (Å²) in [7, 11) is 1.71. The van der Waals surface area contributed by atoms with E-state index in [9.17, 15) is 9.90 Å². The topological polar surface area (TPSA) is 82.7 Å². The van der Waals surface area contributed by atoms with Gasteiger partial charge in [-0.05, 0) is 24.3 Å². The third-order valence-corrected chi connectivity index (χ3v) is 4.34. The van der Waals surface area contributed by atoms with Crippen molar-refractivity contribution in [1.29, 1.82) is 0 Å². The minimum atomic E-state index is -0.178. The van der Waals surface area contributed by atoms with E-state index in [1.807, 2.05) is 24.3 Å². The number of para-hydroxylation sites is 1. The number of benzene rings is 2. The maximum atomic E-state index is 12.1. The molecule has 0 saturated carbocycles. The maximum absolute atomic E-state index is 12.1. The van der Waals surface area contributed by atoms with E-state index in [-0.39, 0.29) is 11.4 Å². The number of H-pyrrole nitrogens is 1. The molecule has 124 valence electrons. The Bertz CT molecular complexity index is 1210. The van der Waals surface area contributed by atoms with Crippen molar-refractivity contribution in [2.45, 2.75) is 0 Å². The van der Waals surface area contributed by atoms with Crippen LogP contribution >= 0.6 is 11.6 Å². The molecule has 0 radical (unpaired) electrons. The predicted molar refractivity (Wildman–Crippen MR) is 98.3 cm³/mol. The molecule has 4 rings (SSSR count). The molecule has 0 fully saturated rings. The molecule has 2 aromatic heterocycles. The van der Waals surface area contributed by atoms with E-state index in [2.05, 4.69) is 15.2 Å². The molecule has 2 N–H and O–H groups in total. The first kappa shape index (κ1) is 15.4. The van der Waals surface area contributed by atoms with Crippen LogP contribution in [0.4, 0.5) is 11.4 Å². The number of pyridine rings is 1. The number of aromatic nitrogens is 2. The number of nitrogens with one attached hydrogen (secondary N) is 1. The normalized spacial score (nSPS) is 11.8. The van der Waals surface area contributed by atoms with Gasteiger partial charge < -0.3 is 14.7 Å². The first-order valence-corrected chi connectivity index (χ1v) is 7.93. The summed E-state index contributed by atoms with van der Waals surface area (Å²) in [6.07, 6.45) is 0. The van der Waals surface area contributed by atoms with Gasteiger partial charge in [0.2, 0.25) is 5.88 Å². The molecule has 0 spiro atoms. The lowest BCUT2D eigenvalue weighted by atomic mass is 10.2. The number of rotatable bonds is 2. The lowest BCUT2D eigenvalue weighted by Crippen LogP contribution is -2.15. The van der Waals surface area contributed by atoms with Crippen LogP contribution in [0.1, 0.15) is 0 Å². The van der Waals surface area contributed by atoms with Crippen molar-refractivity contribution >= 4 is 44.8 Å². The van der Waals surface area contributed by atoms with Crippen LogP contribution in [0, 0.1) is 0 Å². The Kier molecular flexibility index (Phi) is 3.54. The van der Waals surface area contributed by atoms with Crippen LogP contribution in [0.15, 0.2) is 63.6 Å². The van der Waals surface area contributed by atoms with E-state index in [0.717, 1.165) is 10.9 Å². The van der Waals surface area contributed by atoms with E-state index in [0.29, 0.717) is 27.3 Å². The molecule has 0 saturated heterocycles. The van der Waals surface area contributed by atoms with Crippen molar-refractivity contribution in [3.63, 3.8) is 0 Å². The van der Waals surface area contributed by atoms with Crippen molar-refractivity contribution in [1.82, 2.24) is 9.55 Å². The van der Waals surface area contributed by atoms with Gasteiger partial charge in [0.25, 0.3) is 5.56 Å². The Morgan fingerprint density at radius 3 is 2.72 bits per heavy atom. The number of azo groups is 1. The highest BCUT2D eigenvalue weighted by atomic mass is 35.5. The first-order chi connectivity index (χ1) is 12.0. The molecule has 0 aliphatic rings. The zero-order valence-electron chi connectivity index (χ0n) is 13.2. The van der Waals surface area contributed by atoms with Gasteiger partial charge >= 0.3 is 0 Å². The van der Waals surface area contributed by atoms with Crippen LogP contribution in [-0.4, -0.2) is 14.7 Å². The summed E-state index contributed by atoms with van der Waals surface area (Å²) >= 11 is 5.96. The fourth-order valence-electron chi connectivity index (χ4n) is 2.82. The lowest BCUT2D eigenvalue weighted by molar-refractivity contribution is 0.459. The highest BCUT2D eigenvalue weighted by Crippen LogP contribution is 2.37. The molecule has 25 heavy (non-hydrogen) atoms. The highest BCUT2D eigenvalue weighted by molar-refractivity contribution is 6.31. The SMILES string of the molecule is Cn1c(=O)cc(N=Nc2c(O)[nH]c3cc(Cl)ccc23)c2ccccc21. The Morgan fingerprint density at radius 2 is 1.88 bits per heavy atom. The number of aryl methyl sites for hydroxylation is 1. The molecule has 2 heterocycles. The number of aromatic amines is 1. The van der Waals surface area contributed by atoms with Gasteiger partial charge in [-0.1, -0.05) is 29.8 Å². The number of hydrogen-bond acceptors (Lipinski definition) is 4. The molecule has 0 aliphatic carbocycles. The number of hydrogen-bond donors (Lipinski definition) is 2. The van der Waals surface area contributed by atoms with Crippen molar-refractivity contribution < 1.29 is 5.11 Å². The van der Waals surface area contributed by atoms with Gasteiger partial charge in [-0.25, -0.2) is 0 Å². The second-order valence-electron chi connectivity index (χ2n) is 5.66. The molecule has 6 nitrogen and oxygen atoms in total. The average Bonchev–Trinajstić information content (AvgIpc) is 2.91. The van der Waals surface area contributed by atoms with Crippen molar-refractivity contribution in [2.24, 2.45) is 17.3 Å². The molecular formula is C18H13ClN4O2. The minimum absolute atomic E-state index is 0.103. The summed E-state index contributed by atoms with van der Waals surface area (Å²) in [6.45, 7) is 0. The Hall–Kier alpha value is -3.12. The standard InChI is InChI=1S/C18H13ClN4O2/c1-23-15-5-3-2-4-11(15)14(9-16(23)24)21-22-17-12-7-6-10(19)8-13(12)20-18(17)25/h2-9,20,25H,1H3. The molecule has 0 unspecified atom stereocenters. The van der Waals surface area contributed by atoms with E-state index in [1.165, 1.54) is 6.07 Å². The van der Waals surface area contributed by atoms with Crippen LogP contribution < -0.4 is 5.56 Å². The Balaban J connectivity index is 1.89. The fourth-order valence-corrected chi connectivity index (χ4v) is 2.99. The third kappa shape index (κ3) is 2.56. The van der Waals surface area contributed by atoms with E-state index in [4.69, 9.17) is 11.6 Å². The van der Waals surface area contributed by atoms with Crippen LogP contribution in [-0.2, 0) is 7.05 Å². The maximum Gasteiger partial charge on any atom is 0.252 e. The second kappa shape index (κ2) is 5.75. The van der Waals surface area contributed by atoms with Crippen LogP contribution in [0.25, 0.3) is 21.8 Å². The quantitative estimate of drug-likeness (QED) is 0.508. The molecule has 0 atom stereocenters. The first-order valence-electron chi connectivity index (χ1n) is 7.55. The number of aromatic hydroxyl groups is 1. The highest BCUT2D eigenvalue weighted by Gasteiger charge is 2.11. The van der Waals surface area contributed by atoms with Crippen LogP contribution in [0.5, 0.6) is 5.88 Å². The zero-order chi connectivity index (χ0) is 17.6. The number of nitrogens with zero attached hydrogens (tertiary/aromatic N) is 3. The van der Waals surface area contributed by atoms with E-state index >= 15 is 0 Å². The average molecular weight is 353 g/mol. The van der Waals surface area contributed by atoms with Crippen LogP contribution in [0.3, 0.4) is 0 Å². The molecule has 0 aliphatic heterocycles. The fraction of sp³-hybridized carbons (Fsp3) is 0.0556. The summed E-state index contributed by atoms with van der Waals surface area (Å²) in [4.78, 5) is 14.9. The van der Waals surface area contributed by atoms with Crippen molar-refractivity contribution in [3.8, 4) is 5.88 Å². The summed E-state index contributed by atoms with van der Waals surface area (Å²) in [5.74, 6) is -0.103.